The second-order valence-electron chi connectivity index (χ2n) is 5.30. The first-order valence-electron chi connectivity index (χ1n) is 5.74. The molecule has 0 radical (unpaired) electrons. The van der Waals surface area contributed by atoms with Crippen LogP contribution in [0.5, 0.6) is 0 Å². The molecule has 0 amide bonds. The molecule has 17 heavy (non-hydrogen) atoms. The Bertz CT molecular complexity index is 377. The van der Waals surface area contributed by atoms with Gasteiger partial charge in [-0.2, -0.15) is 8.42 Å². The van der Waals surface area contributed by atoms with Crippen molar-refractivity contribution in [2.75, 3.05) is 6.26 Å². The van der Waals surface area contributed by atoms with Gasteiger partial charge in [-0.3, -0.25) is 8.98 Å². The van der Waals surface area contributed by atoms with E-state index in [9.17, 15) is 13.2 Å². The largest absolute Gasteiger partial charge is 0.481 e. The molecule has 100 valence electrons. The topological polar surface area (TPSA) is 80.7 Å². The third-order valence-corrected chi connectivity index (χ3v) is 4.18. The van der Waals surface area contributed by atoms with Crippen molar-refractivity contribution in [3.8, 4) is 0 Å². The summed E-state index contributed by atoms with van der Waals surface area (Å²) in [4.78, 5) is 11.1. The Morgan fingerprint density at radius 1 is 1.24 bits per heavy atom. The summed E-state index contributed by atoms with van der Waals surface area (Å²) in [5.41, 5.74) is -0.754. The lowest BCUT2D eigenvalue weighted by Crippen LogP contribution is -2.37. The van der Waals surface area contributed by atoms with E-state index in [-0.39, 0.29) is 12.0 Å². The molecule has 0 unspecified atom stereocenters. The quantitative estimate of drug-likeness (QED) is 0.781. The number of carboxylic acids is 1. The molecule has 1 aliphatic carbocycles. The molecular weight excluding hydrogens is 244 g/mol. The van der Waals surface area contributed by atoms with Crippen LogP contribution in [0.15, 0.2) is 0 Å². The maximum absolute atomic E-state index is 11.1. The summed E-state index contributed by atoms with van der Waals surface area (Å²) in [5.74, 6) is -0.718. The average molecular weight is 264 g/mol. The van der Waals surface area contributed by atoms with Crippen LogP contribution in [-0.2, 0) is 19.1 Å². The minimum atomic E-state index is -3.41. The normalized spacial score (nSPS) is 26.8. The van der Waals surface area contributed by atoms with Crippen LogP contribution in [0.4, 0.5) is 0 Å². The van der Waals surface area contributed by atoms with Crippen molar-refractivity contribution in [1.29, 1.82) is 0 Å². The molecule has 0 aromatic rings. The molecule has 0 spiro atoms. The lowest BCUT2D eigenvalue weighted by molar-refractivity contribution is -0.151. The van der Waals surface area contributed by atoms with Gasteiger partial charge in [0, 0.05) is 0 Å². The Labute approximate surface area is 102 Å². The fourth-order valence-electron chi connectivity index (χ4n) is 2.30. The summed E-state index contributed by atoms with van der Waals surface area (Å²) in [5, 5.41) is 9.12. The van der Waals surface area contributed by atoms with Gasteiger partial charge in [-0.05, 0) is 45.4 Å². The molecule has 6 heteroatoms. The first-order valence-corrected chi connectivity index (χ1v) is 7.56. The Kier molecular flexibility index (Phi) is 4.19. The van der Waals surface area contributed by atoms with Crippen LogP contribution >= 0.6 is 0 Å². The SMILES string of the molecule is CC(C)(C(=O)O)C1CCC(OS(C)(=O)=O)CC1. The van der Waals surface area contributed by atoms with E-state index in [1.807, 2.05) is 0 Å². The third-order valence-electron chi connectivity index (χ3n) is 3.56. The zero-order valence-corrected chi connectivity index (χ0v) is 11.3. The molecule has 0 saturated heterocycles. The molecule has 1 aliphatic rings. The number of carboxylic acid groups (broad SMARTS) is 1. The van der Waals surface area contributed by atoms with Crippen molar-refractivity contribution in [2.45, 2.75) is 45.6 Å². The van der Waals surface area contributed by atoms with Crippen LogP contribution in [0.2, 0.25) is 0 Å². The van der Waals surface area contributed by atoms with Crippen LogP contribution in [0.3, 0.4) is 0 Å². The predicted molar refractivity (Wildman–Crippen MR) is 63.1 cm³/mol. The van der Waals surface area contributed by atoms with Crippen LogP contribution in [0.25, 0.3) is 0 Å². The van der Waals surface area contributed by atoms with Crippen molar-refractivity contribution in [2.24, 2.45) is 11.3 Å². The van der Waals surface area contributed by atoms with Crippen LogP contribution < -0.4 is 0 Å². The van der Waals surface area contributed by atoms with Crippen molar-refractivity contribution in [3.63, 3.8) is 0 Å². The van der Waals surface area contributed by atoms with Crippen LogP contribution in [0.1, 0.15) is 39.5 Å². The standard InChI is InChI=1S/C11H20O5S/c1-11(2,10(12)13)8-4-6-9(7-5-8)16-17(3,14)15/h8-9H,4-7H2,1-3H3,(H,12,13). The molecule has 5 nitrogen and oxygen atoms in total. The van der Waals surface area contributed by atoms with Gasteiger partial charge in [0.05, 0.1) is 17.8 Å². The van der Waals surface area contributed by atoms with E-state index < -0.39 is 21.5 Å². The number of hydrogen-bond donors (Lipinski definition) is 1. The fraction of sp³-hybridized carbons (Fsp3) is 0.909. The Morgan fingerprint density at radius 3 is 2.06 bits per heavy atom. The van der Waals surface area contributed by atoms with Crippen molar-refractivity contribution in [1.82, 2.24) is 0 Å². The molecule has 0 heterocycles. The maximum atomic E-state index is 11.1. The molecule has 0 aliphatic heterocycles. The number of rotatable bonds is 4. The molecule has 1 saturated carbocycles. The monoisotopic (exact) mass is 264 g/mol. The predicted octanol–water partition coefficient (Wildman–Crippen LogP) is 1.63. The highest BCUT2D eigenvalue weighted by Crippen LogP contribution is 2.39. The number of carbonyl (C=O) groups is 1. The van der Waals surface area contributed by atoms with Gasteiger partial charge >= 0.3 is 5.97 Å². The fourth-order valence-corrected chi connectivity index (χ4v) is 2.99. The van der Waals surface area contributed by atoms with Gasteiger partial charge in [0.15, 0.2) is 0 Å². The molecular formula is C11H20O5S. The summed E-state index contributed by atoms with van der Waals surface area (Å²) in [6.07, 6.45) is 3.35. The van der Waals surface area contributed by atoms with Gasteiger partial charge in [0.2, 0.25) is 0 Å². The Hall–Kier alpha value is -0.620. The van der Waals surface area contributed by atoms with Gasteiger partial charge in [0.25, 0.3) is 10.1 Å². The second kappa shape index (κ2) is 4.94. The molecule has 1 rings (SSSR count). The smallest absolute Gasteiger partial charge is 0.309 e. The number of aliphatic carboxylic acids is 1. The molecule has 1 N–H and O–H groups in total. The van der Waals surface area contributed by atoms with Crippen LogP contribution in [-0.4, -0.2) is 31.9 Å². The summed E-state index contributed by atoms with van der Waals surface area (Å²) in [7, 11) is -3.41. The zero-order chi connectivity index (χ0) is 13.3. The Balaban J connectivity index is 2.54. The van der Waals surface area contributed by atoms with E-state index in [0.29, 0.717) is 25.7 Å². The lowest BCUT2D eigenvalue weighted by Gasteiger charge is -2.35. The summed E-state index contributed by atoms with van der Waals surface area (Å²) < 4.78 is 26.9. The van der Waals surface area contributed by atoms with Gasteiger partial charge in [-0.1, -0.05) is 0 Å². The van der Waals surface area contributed by atoms with Crippen molar-refractivity contribution in [3.05, 3.63) is 0 Å². The van der Waals surface area contributed by atoms with Crippen molar-refractivity contribution >= 4 is 16.1 Å². The maximum Gasteiger partial charge on any atom is 0.309 e. The van der Waals surface area contributed by atoms with E-state index in [1.165, 1.54) is 0 Å². The molecule has 0 aromatic heterocycles. The molecule has 0 bridgehead atoms. The van der Waals surface area contributed by atoms with Gasteiger partial charge in [-0.25, -0.2) is 0 Å². The molecule has 0 aromatic carbocycles. The number of hydrogen-bond acceptors (Lipinski definition) is 4. The highest BCUT2D eigenvalue weighted by molar-refractivity contribution is 7.86. The van der Waals surface area contributed by atoms with Crippen molar-refractivity contribution < 1.29 is 22.5 Å². The summed E-state index contributed by atoms with van der Waals surface area (Å²) in [6.45, 7) is 3.44. The molecule has 0 atom stereocenters. The minimum absolute atomic E-state index is 0.0828. The van der Waals surface area contributed by atoms with E-state index >= 15 is 0 Å². The van der Waals surface area contributed by atoms with E-state index in [4.69, 9.17) is 9.29 Å². The van der Waals surface area contributed by atoms with Crippen LogP contribution in [0, 0.1) is 11.3 Å². The van der Waals surface area contributed by atoms with E-state index in [1.54, 1.807) is 13.8 Å². The first kappa shape index (κ1) is 14.4. The highest BCUT2D eigenvalue weighted by atomic mass is 32.2. The zero-order valence-electron chi connectivity index (χ0n) is 10.5. The highest BCUT2D eigenvalue weighted by Gasteiger charge is 2.39. The van der Waals surface area contributed by atoms with Gasteiger partial charge in [0.1, 0.15) is 0 Å². The Morgan fingerprint density at radius 2 is 1.71 bits per heavy atom. The van der Waals surface area contributed by atoms with Gasteiger partial charge < -0.3 is 5.11 Å². The molecule has 1 fully saturated rings. The second-order valence-corrected chi connectivity index (χ2v) is 6.90. The minimum Gasteiger partial charge on any atom is -0.481 e. The van der Waals surface area contributed by atoms with E-state index in [2.05, 4.69) is 0 Å². The first-order chi connectivity index (χ1) is 7.63. The van der Waals surface area contributed by atoms with Gasteiger partial charge in [-0.15, -0.1) is 0 Å². The lowest BCUT2D eigenvalue weighted by atomic mass is 9.70. The third kappa shape index (κ3) is 3.96. The van der Waals surface area contributed by atoms with E-state index in [0.717, 1.165) is 6.26 Å². The summed E-state index contributed by atoms with van der Waals surface area (Å²) >= 11 is 0. The average Bonchev–Trinajstić information content (AvgIpc) is 2.15. The summed E-state index contributed by atoms with van der Waals surface area (Å²) in [6, 6.07) is 0.